The van der Waals surface area contributed by atoms with Crippen LogP contribution in [0.5, 0.6) is 0 Å². The van der Waals surface area contributed by atoms with Gasteiger partial charge in [-0.2, -0.15) is 13.2 Å². The highest BCUT2D eigenvalue weighted by molar-refractivity contribution is 5.81. The molecule has 4 nitrogen and oxygen atoms in total. The number of aliphatic hydroxyl groups is 2. The lowest BCUT2D eigenvalue weighted by molar-refractivity contribution is -0.173. The average molecular weight is 373 g/mol. The van der Waals surface area contributed by atoms with Gasteiger partial charge in [-0.05, 0) is 36.5 Å². The number of nitrogens with one attached hydrogen (secondary N) is 1. The van der Waals surface area contributed by atoms with E-state index < -0.39 is 36.7 Å². The molecule has 3 N–H and O–H groups in total. The maximum Gasteiger partial charge on any atom is 0.471 e. The zero-order chi connectivity index (χ0) is 21.0. The standard InChI is InChI=1S/C19H24F3NO3/c20-19(21,22)17(25)23-12-8-16(24)15-6-4-5-14(13-15)7-11-18(26)9-2-1-3-10-18/h4-7,11,13,16,24,26H,1-3,8-10,12H2,(H,23,25)/i12D2. The van der Waals surface area contributed by atoms with Crippen molar-refractivity contribution in [1.29, 1.82) is 0 Å². The largest absolute Gasteiger partial charge is 0.471 e. The van der Waals surface area contributed by atoms with E-state index in [0.717, 1.165) is 19.3 Å². The summed E-state index contributed by atoms with van der Waals surface area (Å²) in [5.74, 6) is -2.40. The number of hydrogen-bond acceptors (Lipinski definition) is 3. The molecule has 0 radical (unpaired) electrons. The third-order valence-electron chi connectivity index (χ3n) is 4.36. The van der Waals surface area contributed by atoms with Gasteiger partial charge in [0, 0.05) is 9.24 Å². The Hall–Kier alpha value is -1.86. The van der Waals surface area contributed by atoms with Gasteiger partial charge < -0.3 is 15.5 Å². The zero-order valence-corrected chi connectivity index (χ0v) is 14.2. The Labute approximate surface area is 153 Å². The van der Waals surface area contributed by atoms with Gasteiger partial charge in [-0.25, -0.2) is 0 Å². The van der Waals surface area contributed by atoms with Gasteiger partial charge in [-0.3, -0.25) is 4.79 Å². The van der Waals surface area contributed by atoms with Crippen molar-refractivity contribution >= 4 is 12.0 Å². The summed E-state index contributed by atoms with van der Waals surface area (Å²) in [6.45, 7) is -2.74. The number of carbonyl (C=O) groups is 1. The van der Waals surface area contributed by atoms with Gasteiger partial charge >= 0.3 is 12.1 Å². The Kier molecular flexibility index (Phi) is 5.86. The van der Waals surface area contributed by atoms with Gasteiger partial charge in [0.15, 0.2) is 0 Å². The molecule has 0 bridgehead atoms. The van der Waals surface area contributed by atoms with Crippen molar-refractivity contribution in [3.63, 3.8) is 0 Å². The maximum atomic E-state index is 12.3. The molecule has 1 amide bonds. The maximum absolute atomic E-state index is 12.3. The van der Waals surface area contributed by atoms with Crippen LogP contribution in [-0.2, 0) is 4.79 Å². The van der Waals surface area contributed by atoms with Gasteiger partial charge in [0.25, 0.3) is 0 Å². The van der Waals surface area contributed by atoms with Crippen molar-refractivity contribution in [2.75, 3.05) is 6.50 Å². The van der Waals surface area contributed by atoms with Crippen LogP contribution < -0.4 is 5.32 Å². The highest BCUT2D eigenvalue weighted by Gasteiger charge is 2.38. The summed E-state index contributed by atoms with van der Waals surface area (Å²) in [5.41, 5.74) is 0.0880. The predicted octanol–water partition coefficient (Wildman–Crippen LogP) is 3.50. The van der Waals surface area contributed by atoms with Crippen molar-refractivity contribution < 1.29 is 30.9 Å². The lowest BCUT2D eigenvalue weighted by atomic mass is 9.84. The number of amides is 1. The van der Waals surface area contributed by atoms with Crippen LogP contribution in [0.25, 0.3) is 6.08 Å². The Morgan fingerprint density at radius 2 is 2.04 bits per heavy atom. The van der Waals surface area contributed by atoms with Crippen LogP contribution in [0.1, 0.15) is 58.5 Å². The van der Waals surface area contributed by atoms with Crippen LogP contribution in [0.4, 0.5) is 13.2 Å². The van der Waals surface area contributed by atoms with Crippen molar-refractivity contribution in [1.82, 2.24) is 5.32 Å². The number of benzene rings is 1. The van der Waals surface area contributed by atoms with Crippen LogP contribution in [0.3, 0.4) is 0 Å². The first-order valence-electron chi connectivity index (χ1n) is 9.49. The van der Waals surface area contributed by atoms with E-state index in [0.29, 0.717) is 24.0 Å². The molecule has 0 heterocycles. The van der Waals surface area contributed by atoms with E-state index in [4.69, 9.17) is 2.74 Å². The summed E-state index contributed by atoms with van der Waals surface area (Å²) in [4.78, 5) is 10.9. The second-order valence-corrected chi connectivity index (χ2v) is 6.52. The second-order valence-electron chi connectivity index (χ2n) is 6.52. The summed E-state index contributed by atoms with van der Waals surface area (Å²) < 4.78 is 52.0. The molecule has 0 spiro atoms. The molecule has 0 aliphatic heterocycles. The molecule has 1 saturated carbocycles. The van der Waals surface area contributed by atoms with Gasteiger partial charge in [0.2, 0.25) is 0 Å². The first kappa shape index (κ1) is 17.5. The summed E-state index contributed by atoms with van der Waals surface area (Å²) >= 11 is 0. The van der Waals surface area contributed by atoms with Crippen molar-refractivity contribution in [2.24, 2.45) is 0 Å². The smallest absolute Gasteiger partial charge is 0.388 e. The molecule has 1 aromatic carbocycles. The SMILES string of the molecule is [2H]C([2H])(CC(O)c1cccc(C=CC2(O)CCCCC2)c1)NC(=O)C(F)(F)F. The molecule has 0 aromatic heterocycles. The third kappa shape index (κ3) is 6.14. The third-order valence-corrected chi connectivity index (χ3v) is 4.36. The second kappa shape index (κ2) is 8.68. The fourth-order valence-electron chi connectivity index (χ4n) is 2.87. The lowest BCUT2D eigenvalue weighted by Crippen LogP contribution is -2.37. The van der Waals surface area contributed by atoms with Crippen LogP contribution in [-0.4, -0.2) is 34.4 Å². The number of rotatable bonds is 6. The summed E-state index contributed by atoms with van der Waals surface area (Å²) in [7, 11) is 0. The van der Waals surface area contributed by atoms with Crippen LogP contribution in [0.15, 0.2) is 30.3 Å². The Morgan fingerprint density at radius 3 is 2.69 bits per heavy atom. The lowest BCUT2D eigenvalue weighted by Gasteiger charge is -2.28. The van der Waals surface area contributed by atoms with E-state index in [1.807, 2.05) is 0 Å². The fourth-order valence-corrected chi connectivity index (χ4v) is 2.87. The predicted molar refractivity (Wildman–Crippen MR) is 92.2 cm³/mol. The zero-order valence-electron chi connectivity index (χ0n) is 16.2. The van der Waals surface area contributed by atoms with Gasteiger partial charge in [0.05, 0.1) is 11.7 Å². The van der Waals surface area contributed by atoms with Gasteiger partial charge in [0.1, 0.15) is 0 Å². The molecule has 1 aliphatic carbocycles. The van der Waals surface area contributed by atoms with Crippen LogP contribution in [0, 0.1) is 0 Å². The van der Waals surface area contributed by atoms with Crippen LogP contribution >= 0.6 is 0 Å². The van der Waals surface area contributed by atoms with E-state index in [2.05, 4.69) is 0 Å². The number of aliphatic hydroxyl groups excluding tert-OH is 1. The Bertz CT molecular complexity index is 717. The minimum Gasteiger partial charge on any atom is -0.388 e. The molecule has 1 aromatic rings. The first-order valence-corrected chi connectivity index (χ1v) is 8.49. The number of alkyl halides is 3. The molecule has 2 rings (SSSR count). The highest BCUT2D eigenvalue weighted by atomic mass is 19.4. The molecular formula is C19H24F3NO3. The van der Waals surface area contributed by atoms with Crippen molar-refractivity contribution in [2.45, 2.75) is 56.4 Å². The molecular weight excluding hydrogens is 347 g/mol. The van der Waals surface area contributed by atoms with E-state index in [9.17, 15) is 28.2 Å². The Balaban J connectivity index is 2.05. The van der Waals surface area contributed by atoms with Crippen LogP contribution in [0.2, 0.25) is 0 Å². The number of hydrogen-bond donors (Lipinski definition) is 3. The molecule has 1 unspecified atom stereocenters. The molecule has 7 heteroatoms. The van der Waals surface area contributed by atoms with E-state index in [1.54, 1.807) is 30.4 Å². The quantitative estimate of drug-likeness (QED) is 0.715. The van der Waals surface area contributed by atoms with Crippen molar-refractivity contribution in [3.05, 3.63) is 41.5 Å². The highest BCUT2D eigenvalue weighted by Crippen LogP contribution is 2.30. The molecule has 0 saturated heterocycles. The molecule has 1 aliphatic rings. The molecule has 1 fully saturated rings. The normalized spacial score (nSPS) is 20.3. The summed E-state index contributed by atoms with van der Waals surface area (Å²) in [5, 5.41) is 22.0. The Morgan fingerprint density at radius 1 is 1.35 bits per heavy atom. The fraction of sp³-hybridized carbons (Fsp3) is 0.526. The van der Waals surface area contributed by atoms with E-state index >= 15 is 0 Å². The van der Waals surface area contributed by atoms with E-state index in [-0.39, 0.29) is 0 Å². The minimum atomic E-state index is -5.21. The minimum absolute atomic E-state index is 0.294. The topological polar surface area (TPSA) is 69.6 Å². The number of carbonyl (C=O) groups excluding carboxylic acids is 1. The summed E-state index contributed by atoms with van der Waals surface area (Å²) in [6.07, 6.45) is 0.364. The monoisotopic (exact) mass is 373 g/mol. The summed E-state index contributed by atoms with van der Waals surface area (Å²) in [6, 6.07) is 6.43. The molecule has 26 heavy (non-hydrogen) atoms. The average Bonchev–Trinajstić information content (AvgIpc) is 2.59. The van der Waals surface area contributed by atoms with E-state index in [1.165, 1.54) is 11.4 Å². The van der Waals surface area contributed by atoms with Gasteiger partial charge in [-0.15, -0.1) is 0 Å². The number of halogens is 3. The first-order chi connectivity index (χ1) is 12.9. The molecule has 1 atom stereocenters. The molecule has 144 valence electrons. The van der Waals surface area contributed by atoms with Gasteiger partial charge in [-0.1, -0.05) is 49.6 Å². The van der Waals surface area contributed by atoms with Crippen molar-refractivity contribution in [3.8, 4) is 0 Å².